The number of nitrogens with two attached hydrogens (primary N) is 2. The fraction of sp³-hybridized carbons (Fsp3) is 0.667. The van der Waals surface area contributed by atoms with Gasteiger partial charge in [-0.15, -0.1) is 0 Å². The van der Waals surface area contributed by atoms with Crippen LogP contribution in [0, 0.1) is 0 Å². The third-order valence-corrected chi connectivity index (χ3v) is 3.20. The van der Waals surface area contributed by atoms with E-state index in [0.29, 0.717) is 5.70 Å². The molecule has 1 aliphatic heterocycles. The molecule has 1 saturated heterocycles. The van der Waals surface area contributed by atoms with Crippen molar-refractivity contribution >= 4 is 10.3 Å². The molecule has 116 valence electrons. The van der Waals surface area contributed by atoms with Gasteiger partial charge in [-0.3, -0.25) is 4.18 Å². The first-order valence-corrected chi connectivity index (χ1v) is 7.82. The smallest absolute Gasteiger partial charge is 0.333 e. The minimum Gasteiger partial charge on any atom is -0.402 e. The van der Waals surface area contributed by atoms with Crippen LogP contribution in [-0.2, 0) is 24.0 Å². The van der Waals surface area contributed by atoms with Gasteiger partial charge in [0.05, 0.1) is 6.61 Å². The van der Waals surface area contributed by atoms with E-state index in [9.17, 15) is 8.42 Å². The van der Waals surface area contributed by atoms with Crippen LogP contribution in [0.3, 0.4) is 0 Å². The molecule has 3 unspecified atom stereocenters. The SMILES string of the molecule is CC/C=C\C(=C(/C)N)C1OC(C)OC1COS(N)(=O)=O. The third-order valence-electron chi connectivity index (χ3n) is 2.73. The third kappa shape index (κ3) is 5.22. The summed E-state index contributed by atoms with van der Waals surface area (Å²) in [5.41, 5.74) is 7.19. The summed E-state index contributed by atoms with van der Waals surface area (Å²) in [7, 11) is -4.02. The van der Waals surface area contributed by atoms with Crippen LogP contribution >= 0.6 is 0 Å². The second kappa shape index (κ2) is 7.19. The molecule has 1 aliphatic rings. The fourth-order valence-electron chi connectivity index (χ4n) is 1.90. The number of hydrogen-bond acceptors (Lipinski definition) is 6. The average molecular weight is 306 g/mol. The molecule has 20 heavy (non-hydrogen) atoms. The van der Waals surface area contributed by atoms with Gasteiger partial charge in [0, 0.05) is 11.3 Å². The van der Waals surface area contributed by atoms with Crippen LogP contribution in [0.2, 0.25) is 0 Å². The summed E-state index contributed by atoms with van der Waals surface area (Å²) in [6.07, 6.45) is 3.09. The van der Waals surface area contributed by atoms with Crippen LogP contribution in [0.15, 0.2) is 23.4 Å². The van der Waals surface area contributed by atoms with E-state index >= 15 is 0 Å². The van der Waals surface area contributed by atoms with E-state index in [4.69, 9.17) is 20.3 Å². The van der Waals surface area contributed by atoms with E-state index in [0.717, 1.165) is 12.0 Å². The van der Waals surface area contributed by atoms with Gasteiger partial charge in [0.2, 0.25) is 0 Å². The van der Waals surface area contributed by atoms with Gasteiger partial charge < -0.3 is 15.2 Å². The summed E-state index contributed by atoms with van der Waals surface area (Å²) in [6, 6.07) is 0. The first-order valence-electron chi connectivity index (χ1n) is 6.35. The second-order valence-electron chi connectivity index (χ2n) is 4.53. The van der Waals surface area contributed by atoms with Gasteiger partial charge in [0.15, 0.2) is 6.29 Å². The molecule has 1 heterocycles. The zero-order valence-corrected chi connectivity index (χ0v) is 12.7. The zero-order chi connectivity index (χ0) is 15.3. The molecule has 0 spiro atoms. The van der Waals surface area contributed by atoms with Crippen LogP contribution in [0.5, 0.6) is 0 Å². The first-order chi connectivity index (χ1) is 9.24. The molecule has 0 aromatic carbocycles. The fourth-order valence-corrected chi connectivity index (χ4v) is 2.23. The van der Waals surface area contributed by atoms with Crippen molar-refractivity contribution in [1.29, 1.82) is 0 Å². The highest BCUT2D eigenvalue weighted by atomic mass is 32.2. The Kier molecular flexibility index (Phi) is 6.15. The Labute approximate surface area is 119 Å². The zero-order valence-electron chi connectivity index (χ0n) is 11.9. The molecule has 0 saturated carbocycles. The molecule has 3 atom stereocenters. The molecule has 4 N–H and O–H groups in total. The van der Waals surface area contributed by atoms with Gasteiger partial charge in [-0.25, -0.2) is 5.14 Å². The molecule has 0 radical (unpaired) electrons. The maximum absolute atomic E-state index is 10.9. The average Bonchev–Trinajstić information content (AvgIpc) is 2.67. The molecule has 1 rings (SSSR count). The normalized spacial score (nSPS) is 28.9. The van der Waals surface area contributed by atoms with Crippen molar-refractivity contribution in [2.45, 2.75) is 45.7 Å². The van der Waals surface area contributed by atoms with Crippen molar-refractivity contribution in [2.24, 2.45) is 10.9 Å². The Hall–Kier alpha value is -0.930. The van der Waals surface area contributed by atoms with Gasteiger partial charge in [-0.1, -0.05) is 19.1 Å². The van der Waals surface area contributed by atoms with E-state index in [-0.39, 0.29) is 6.61 Å². The van der Waals surface area contributed by atoms with Crippen molar-refractivity contribution in [3.05, 3.63) is 23.4 Å². The second-order valence-corrected chi connectivity index (χ2v) is 5.75. The maximum atomic E-state index is 10.9. The topological polar surface area (TPSA) is 114 Å². The Morgan fingerprint density at radius 2 is 2.05 bits per heavy atom. The van der Waals surface area contributed by atoms with Crippen molar-refractivity contribution in [1.82, 2.24) is 0 Å². The lowest BCUT2D eigenvalue weighted by atomic mass is 10.0. The molecule has 8 heteroatoms. The van der Waals surface area contributed by atoms with E-state index in [1.54, 1.807) is 13.8 Å². The van der Waals surface area contributed by atoms with Gasteiger partial charge in [-0.2, -0.15) is 8.42 Å². The van der Waals surface area contributed by atoms with Crippen molar-refractivity contribution in [3.8, 4) is 0 Å². The Morgan fingerprint density at radius 1 is 1.40 bits per heavy atom. The lowest BCUT2D eigenvalue weighted by molar-refractivity contribution is -0.0522. The molecule has 0 aliphatic carbocycles. The Balaban J connectivity index is 2.88. The minimum absolute atomic E-state index is 0.218. The van der Waals surface area contributed by atoms with Crippen LogP contribution in [0.25, 0.3) is 0 Å². The lowest BCUT2D eigenvalue weighted by Gasteiger charge is -2.18. The number of allylic oxidation sites excluding steroid dienone is 2. The number of ether oxygens (including phenoxy) is 2. The Morgan fingerprint density at radius 3 is 2.55 bits per heavy atom. The van der Waals surface area contributed by atoms with Gasteiger partial charge in [0.25, 0.3) is 0 Å². The van der Waals surface area contributed by atoms with Crippen molar-refractivity contribution < 1.29 is 22.1 Å². The molecule has 0 bridgehead atoms. The molecule has 0 aromatic heterocycles. The monoisotopic (exact) mass is 306 g/mol. The van der Waals surface area contributed by atoms with E-state index in [1.165, 1.54) is 0 Å². The molecule has 0 aromatic rings. The highest BCUT2D eigenvalue weighted by molar-refractivity contribution is 7.84. The van der Waals surface area contributed by atoms with E-state index in [1.807, 2.05) is 19.1 Å². The van der Waals surface area contributed by atoms with Gasteiger partial charge >= 0.3 is 10.3 Å². The molecular formula is C12H22N2O5S. The summed E-state index contributed by atoms with van der Waals surface area (Å²) < 4.78 is 37.4. The lowest BCUT2D eigenvalue weighted by Crippen LogP contribution is -2.32. The molecule has 0 amide bonds. The first kappa shape index (κ1) is 17.1. The largest absolute Gasteiger partial charge is 0.402 e. The highest BCUT2D eigenvalue weighted by Gasteiger charge is 2.37. The summed E-state index contributed by atoms with van der Waals surface area (Å²) in [6.45, 7) is 5.25. The molecular weight excluding hydrogens is 284 g/mol. The van der Waals surface area contributed by atoms with E-state index < -0.39 is 28.8 Å². The predicted molar refractivity (Wildman–Crippen MR) is 74.6 cm³/mol. The van der Waals surface area contributed by atoms with Crippen LogP contribution < -0.4 is 10.9 Å². The van der Waals surface area contributed by atoms with Crippen LogP contribution in [-0.4, -0.2) is 33.5 Å². The van der Waals surface area contributed by atoms with Crippen LogP contribution in [0.1, 0.15) is 27.2 Å². The highest BCUT2D eigenvalue weighted by Crippen LogP contribution is 2.27. The van der Waals surface area contributed by atoms with E-state index in [2.05, 4.69) is 4.18 Å². The Bertz CT molecular complexity index is 482. The molecule has 7 nitrogen and oxygen atoms in total. The van der Waals surface area contributed by atoms with Crippen LogP contribution in [0.4, 0.5) is 0 Å². The van der Waals surface area contributed by atoms with Crippen molar-refractivity contribution in [2.75, 3.05) is 6.61 Å². The minimum atomic E-state index is -4.02. The summed E-state index contributed by atoms with van der Waals surface area (Å²) >= 11 is 0. The molecule has 1 fully saturated rings. The summed E-state index contributed by atoms with van der Waals surface area (Å²) in [5, 5.41) is 4.81. The number of rotatable bonds is 6. The number of hydrogen-bond donors (Lipinski definition) is 2. The summed E-state index contributed by atoms with van der Waals surface area (Å²) in [4.78, 5) is 0. The van der Waals surface area contributed by atoms with Gasteiger partial charge in [0.1, 0.15) is 12.2 Å². The van der Waals surface area contributed by atoms with Crippen molar-refractivity contribution in [3.63, 3.8) is 0 Å². The van der Waals surface area contributed by atoms with Gasteiger partial charge in [-0.05, 0) is 20.3 Å². The maximum Gasteiger partial charge on any atom is 0.333 e. The summed E-state index contributed by atoms with van der Waals surface area (Å²) in [5.74, 6) is 0. The quantitative estimate of drug-likeness (QED) is 0.692. The predicted octanol–water partition coefficient (Wildman–Crippen LogP) is 0.535. The standard InChI is InChI=1S/C12H22N2O5S/c1-4-5-6-10(8(2)13)12-11(18-9(3)19-12)7-17-20(14,15)16/h5-6,9,11-12H,4,7,13H2,1-3H3,(H2,14,15,16)/b6-5-,10-8-.